The molecule has 0 unspecified atom stereocenters. The molecule has 9 heteroatoms. The van der Waals surface area contributed by atoms with Gasteiger partial charge in [-0.3, -0.25) is 14.4 Å². The molecule has 0 aliphatic carbocycles. The summed E-state index contributed by atoms with van der Waals surface area (Å²) < 4.78 is 26.4. The van der Waals surface area contributed by atoms with Crippen LogP contribution in [0, 0.1) is 6.92 Å². The fraction of sp³-hybridized carbons (Fsp3) is 0.375. The van der Waals surface area contributed by atoms with Gasteiger partial charge in [0.2, 0.25) is 11.8 Å². The van der Waals surface area contributed by atoms with Crippen molar-refractivity contribution in [3.05, 3.63) is 65.2 Å². The molecule has 1 heterocycles. The summed E-state index contributed by atoms with van der Waals surface area (Å²) in [6.45, 7) is 8.40. The van der Waals surface area contributed by atoms with Gasteiger partial charge in [-0.25, -0.2) is 12.7 Å². The minimum absolute atomic E-state index is 0.0362. The molecule has 0 aromatic heterocycles. The summed E-state index contributed by atoms with van der Waals surface area (Å²) in [5.41, 5.74) is 1.30. The molecule has 1 aliphatic rings. The molecule has 33 heavy (non-hydrogen) atoms. The van der Waals surface area contributed by atoms with Gasteiger partial charge in [-0.2, -0.15) is 0 Å². The van der Waals surface area contributed by atoms with Crippen molar-refractivity contribution in [2.24, 2.45) is 0 Å². The number of carbonyl (C=O) groups excluding carboxylic acids is 3. The minimum Gasteiger partial charge on any atom is -0.350 e. The Balaban J connectivity index is 1.91. The molecular weight excluding hydrogens is 442 g/mol. The van der Waals surface area contributed by atoms with Gasteiger partial charge in [0.05, 0.1) is 5.56 Å². The first-order chi connectivity index (χ1) is 15.3. The second-order valence-electron chi connectivity index (χ2n) is 9.24. The molecule has 0 saturated carbocycles. The van der Waals surface area contributed by atoms with E-state index in [1.54, 1.807) is 13.0 Å². The zero-order chi connectivity index (χ0) is 24.6. The first kappa shape index (κ1) is 24.4. The first-order valence-electron chi connectivity index (χ1n) is 10.6. The lowest BCUT2D eigenvalue weighted by molar-refractivity contribution is -0.141. The third kappa shape index (κ3) is 5.24. The second-order valence-corrected chi connectivity index (χ2v) is 11.1. The van der Waals surface area contributed by atoms with Gasteiger partial charge in [0.25, 0.3) is 15.9 Å². The van der Waals surface area contributed by atoms with E-state index in [0.717, 1.165) is 11.1 Å². The van der Waals surface area contributed by atoms with Crippen molar-refractivity contribution in [1.82, 2.24) is 14.5 Å². The molecule has 1 atom stereocenters. The number of fused-ring (bicyclic) bond motifs is 1. The Morgan fingerprint density at radius 2 is 1.76 bits per heavy atom. The molecule has 0 radical (unpaired) electrons. The number of rotatable bonds is 6. The van der Waals surface area contributed by atoms with Gasteiger partial charge in [0.15, 0.2) is 0 Å². The van der Waals surface area contributed by atoms with Gasteiger partial charge < -0.3 is 10.2 Å². The summed E-state index contributed by atoms with van der Waals surface area (Å²) >= 11 is 0. The quantitative estimate of drug-likeness (QED) is 0.697. The van der Waals surface area contributed by atoms with Crippen LogP contribution in [-0.4, -0.2) is 53.5 Å². The zero-order valence-electron chi connectivity index (χ0n) is 19.5. The van der Waals surface area contributed by atoms with Crippen LogP contribution in [0.3, 0.4) is 0 Å². The second kappa shape index (κ2) is 8.97. The monoisotopic (exact) mass is 471 g/mol. The van der Waals surface area contributed by atoms with E-state index < -0.39 is 40.0 Å². The molecule has 0 fully saturated rings. The van der Waals surface area contributed by atoms with E-state index in [9.17, 15) is 22.8 Å². The smallest absolute Gasteiger partial charge is 0.269 e. The summed E-state index contributed by atoms with van der Waals surface area (Å²) in [4.78, 5) is 40.2. The van der Waals surface area contributed by atoms with Crippen molar-refractivity contribution in [2.45, 2.75) is 57.6 Å². The predicted octanol–water partition coefficient (Wildman–Crippen LogP) is 2.47. The van der Waals surface area contributed by atoms with Gasteiger partial charge in [-0.05, 0) is 52.3 Å². The van der Waals surface area contributed by atoms with Crippen LogP contribution in [0.2, 0.25) is 0 Å². The van der Waals surface area contributed by atoms with Gasteiger partial charge in [0, 0.05) is 12.1 Å². The topological polar surface area (TPSA) is 104 Å². The maximum absolute atomic E-state index is 13.4. The SMILES string of the molecule is Cc1cccc(CN(C(=O)CN2C(=O)c3ccccc3S2(=O)=O)[C@H](C)C(=O)NC(C)(C)C)c1. The highest BCUT2D eigenvalue weighted by Gasteiger charge is 2.43. The standard InChI is InChI=1S/C24H29N3O5S/c1-16-9-8-10-18(13-16)14-26(17(2)22(29)25-24(3,4)5)21(28)15-27-23(30)19-11-6-7-12-20(19)33(27,31)32/h6-13,17H,14-15H2,1-5H3,(H,25,29)/t17-/m1/s1. The van der Waals surface area contributed by atoms with Crippen LogP contribution in [0.4, 0.5) is 0 Å². The summed E-state index contributed by atoms with van der Waals surface area (Å²) in [5.74, 6) is -1.76. The number of nitrogens with zero attached hydrogens (tertiary/aromatic N) is 2. The third-order valence-electron chi connectivity index (χ3n) is 5.29. The normalized spacial score (nSPS) is 15.7. The van der Waals surface area contributed by atoms with E-state index in [4.69, 9.17) is 0 Å². The first-order valence-corrected chi connectivity index (χ1v) is 12.1. The Labute approximate surface area is 194 Å². The maximum atomic E-state index is 13.4. The van der Waals surface area contributed by atoms with Gasteiger partial charge in [0.1, 0.15) is 17.5 Å². The van der Waals surface area contributed by atoms with Gasteiger partial charge >= 0.3 is 0 Å². The number of hydrogen-bond acceptors (Lipinski definition) is 5. The highest BCUT2D eigenvalue weighted by molar-refractivity contribution is 7.90. The van der Waals surface area contributed by atoms with Crippen LogP contribution < -0.4 is 5.32 Å². The van der Waals surface area contributed by atoms with Crippen molar-refractivity contribution in [3.63, 3.8) is 0 Å². The summed E-state index contributed by atoms with van der Waals surface area (Å²) in [5, 5.41) is 2.85. The number of hydrogen-bond donors (Lipinski definition) is 1. The minimum atomic E-state index is -4.14. The summed E-state index contributed by atoms with van der Waals surface area (Å²) in [6.07, 6.45) is 0. The Morgan fingerprint density at radius 1 is 1.09 bits per heavy atom. The summed E-state index contributed by atoms with van der Waals surface area (Å²) in [7, 11) is -4.14. The van der Waals surface area contributed by atoms with Crippen molar-refractivity contribution in [3.8, 4) is 0 Å². The van der Waals surface area contributed by atoms with E-state index in [1.165, 1.54) is 23.1 Å². The average Bonchev–Trinajstić information content (AvgIpc) is 2.91. The van der Waals surface area contributed by atoms with Gasteiger partial charge in [-0.1, -0.05) is 42.0 Å². The molecule has 176 valence electrons. The van der Waals surface area contributed by atoms with Crippen molar-refractivity contribution < 1.29 is 22.8 Å². The van der Waals surface area contributed by atoms with Crippen LogP contribution in [0.25, 0.3) is 0 Å². The van der Waals surface area contributed by atoms with Crippen LogP contribution in [0.1, 0.15) is 49.2 Å². The molecule has 3 amide bonds. The van der Waals surface area contributed by atoms with Crippen molar-refractivity contribution in [1.29, 1.82) is 0 Å². The lowest BCUT2D eigenvalue weighted by Gasteiger charge is -2.32. The molecular formula is C24H29N3O5S. The van der Waals surface area contributed by atoms with E-state index in [1.807, 2.05) is 52.0 Å². The van der Waals surface area contributed by atoms with E-state index in [0.29, 0.717) is 4.31 Å². The number of amides is 3. The maximum Gasteiger partial charge on any atom is 0.269 e. The molecule has 1 aliphatic heterocycles. The Bertz CT molecular complexity index is 1200. The Morgan fingerprint density at radius 3 is 2.36 bits per heavy atom. The number of benzene rings is 2. The number of aryl methyl sites for hydroxylation is 1. The van der Waals surface area contributed by atoms with Crippen LogP contribution in [0.5, 0.6) is 0 Å². The Kier molecular flexibility index (Phi) is 6.65. The lowest BCUT2D eigenvalue weighted by atomic mass is 10.1. The molecule has 0 saturated heterocycles. The molecule has 2 aromatic rings. The number of sulfonamides is 1. The van der Waals surface area contributed by atoms with Crippen LogP contribution >= 0.6 is 0 Å². The Hall–Kier alpha value is -3.20. The molecule has 1 N–H and O–H groups in total. The fourth-order valence-electron chi connectivity index (χ4n) is 3.66. The molecule has 0 bridgehead atoms. The molecule has 2 aromatic carbocycles. The van der Waals surface area contributed by atoms with Crippen molar-refractivity contribution in [2.75, 3.05) is 6.54 Å². The average molecular weight is 472 g/mol. The number of carbonyl (C=O) groups is 3. The van der Waals surface area contributed by atoms with Crippen LogP contribution in [-0.2, 0) is 26.2 Å². The lowest BCUT2D eigenvalue weighted by Crippen LogP contribution is -2.54. The van der Waals surface area contributed by atoms with E-state index in [-0.39, 0.29) is 22.9 Å². The predicted molar refractivity (Wildman–Crippen MR) is 124 cm³/mol. The van der Waals surface area contributed by atoms with E-state index >= 15 is 0 Å². The van der Waals surface area contributed by atoms with Gasteiger partial charge in [-0.15, -0.1) is 0 Å². The largest absolute Gasteiger partial charge is 0.350 e. The zero-order valence-corrected chi connectivity index (χ0v) is 20.3. The molecule has 8 nitrogen and oxygen atoms in total. The fourth-order valence-corrected chi connectivity index (χ4v) is 5.18. The summed E-state index contributed by atoms with van der Waals surface area (Å²) in [6, 6.07) is 12.5. The van der Waals surface area contributed by atoms with Crippen molar-refractivity contribution >= 4 is 27.7 Å². The van der Waals surface area contributed by atoms with E-state index in [2.05, 4.69) is 5.32 Å². The van der Waals surface area contributed by atoms with Crippen LogP contribution in [0.15, 0.2) is 53.4 Å². The highest BCUT2D eigenvalue weighted by Crippen LogP contribution is 2.30. The molecule has 3 rings (SSSR count). The third-order valence-corrected chi connectivity index (χ3v) is 7.08. The molecule has 0 spiro atoms. The number of nitrogens with one attached hydrogen (secondary N) is 1. The highest BCUT2D eigenvalue weighted by atomic mass is 32.2.